The van der Waals surface area contributed by atoms with Gasteiger partial charge in [0.2, 0.25) is 11.3 Å². The van der Waals surface area contributed by atoms with Gasteiger partial charge in [0.15, 0.2) is 12.0 Å². The maximum Gasteiger partial charge on any atom is 0.238 e. The van der Waals surface area contributed by atoms with Gasteiger partial charge in [-0.15, -0.1) is 0 Å². The van der Waals surface area contributed by atoms with Gasteiger partial charge in [0, 0.05) is 12.1 Å². The number of allylic oxidation sites excluding steroid dienone is 1. The van der Waals surface area contributed by atoms with E-state index < -0.39 is 15.9 Å². The lowest BCUT2D eigenvalue weighted by Crippen LogP contribution is -2.28. The molecule has 166 valence electrons. The van der Waals surface area contributed by atoms with Crippen molar-refractivity contribution in [2.45, 2.75) is 11.8 Å². The number of rotatable bonds is 4. The summed E-state index contributed by atoms with van der Waals surface area (Å²) >= 11 is 0. The summed E-state index contributed by atoms with van der Waals surface area (Å²) in [7, 11) is -2.32. The Morgan fingerprint density at radius 1 is 1.06 bits per heavy atom. The predicted octanol–water partition coefficient (Wildman–Crippen LogP) is 3.95. The van der Waals surface area contributed by atoms with Gasteiger partial charge in [-0.3, -0.25) is 4.79 Å². The van der Waals surface area contributed by atoms with Crippen LogP contribution in [0.3, 0.4) is 0 Å². The Kier molecular flexibility index (Phi) is 7.18. The number of para-hydroxylation sites is 1. The fourth-order valence-electron chi connectivity index (χ4n) is 3.06. The monoisotopic (exact) mass is 460 g/mol. The molecule has 0 saturated heterocycles. The molecule has 0 aliphatic carbocycles. The van der Waals surface area contributed by atoms with E-state index in [1.165, 1.54) is 18.4 Å². The summed E-state index contributed by atoms with van der Waals surface area (Å²) in [6.07, 6.45) is 4.92. The number of furan rings is 1. The molecule has 33 heavy (non-hydrogen) atoms. The lowest BCUT2D eigenvalue weighted by molar-refractivity contribution is -0.644. The number of nitriles is 1. The summed E-state index contributed by atoms with van der Waals surface area (Å²) in [5, 5.41) is 10.3. The van der Waals surface area contributed by atoms with Crippen molar-refractivity contribution in [2.75, 3.05) is 0 Å². The maximum absolute atomic E-state index is 12.3. The van der Waals surface area contributed by atoms with E-state index in [1.807, 2.05) is 61.1 Å². The zero-order valence-electron chi connectivity index (χ0n) is 17.9. The first kappa shape index (κ1) is 23.6. The second-order valence-electron chi connectivity index (χ2n) is 7.14. The molecule has 2 heterocycles. The van der Waals surface area contributed by atoms with E-state index in [0.717, 1.165) is 22.0 Å². The average Bonchev–Trinajstić information content (AvgIpc) is 3.34. The van der Waals surface area contributed by atoms with Crippen molar-refractivity contribution in [3.05, 3.63) is 102 Å². The minimum Gasteiger partial charge on any atom is -0.744 e. The minimum atomic E-state index is -4.27. The number of benzene rings is 2. The second-order valence-corrected chi connectivity index (χ2v) is 8.52. The van der Waals surface area contributed by atoms with Gasteiger partial charge in [0.1, 0.15) is 28.8 Å². The van der Waals surface area contributed by atoms with E-state index in [-0.39, 0.29) is 16.2 Å². The standard InChI is InChI=1S/C18H13N2O2.C7H8O3S/c1-20-9-8-13(15-5-2-3-6-16(15)20)11-14(12-19)18(21)17-7-4-10-22-17;1-6-2-4-7(5-3-6)11(8,9)10/h2-11H,1H3;2-5H,1H3,(H,8,9,10)/q+1;/p-1. The van der Waals surface area contributed by atoms with Crippen LogP contribution in [0, 0.1) is 18.3 Å². The molecule has 0 bridgehead atoms. The molecule has 0 amide bonds. The fourth-order valence-corrected chi connectivity index (χ4v) is 3.53. The molecule has 0 aliphatic heterocycles. The summed E-state index contributed by atoms with van der Waals surface area (Å²) < 4.78 is 38.2. The zero-order chi connectivity index (χ0) is 24.0. The topological polar surface area (TPSA) is 115 Å². The number of hydrogen-bond donors (Lipinski definition) is 0. The van der Waals surface area contributed by atoms with Crippen molar-refractivity contribution in [3.63, 3.8) is 0 Å². The van der Waals surface area contributed by atoms with Crippen molar-refractivity contribution in [1.82, 2.24) is 0 Å². The van der Waals surface area contributed by atoms with Crippen molar-refractivity contribution >= 4 is 32.9 Å². The fraction of sp³-hybridized carbons (Fsp3) is 0.0800. The first-order valence-corrected chi connectivity index (χ1v) is 11.2. The zero-order valence-corrected chi connectivity index (χ0v) is 18.7. The first-order chi connectivity index (χ1) is 15.7. The Morgan fingerprint density at radius 3 is 2.36 bits per heavy atom. The highest BCUT2D eigenvalue weighted by atomic mass is 32.2. The third-order valence-corrected chi connectivity index (χ3v) is 5.64. The number of pyridine rings is 1. The van der Waals surface area contributed by atoms with Gasteiger partial charge in [-0.05, 0) is 48.9 Å². The Hall–Kier alpha value is -4.06. The molecule has 0 unspecified atom stereocenters. The number of aryl methyl sites for hydroxylation is 2. The smallest absolute Gasteiger partial charge is 0.238 e. The van der Waals surface area contributed by atoms with Crippen molar-refractivity contribution in [2.24, 2.45) is 7.05 Å². The van der Waals surface area contributed by atoms with Gasteiger partial charge in [-0.2, -0.15) is 5.26 Å². The molecule has 2 aromatic carbocycles. The summed E-state index contributed by atoms with van der Waals surface area (Å²) in [4.78, 5) is 12.1. The summed E-state index contributed by atoms with van der Waals surface area (Å²) in [6.45, 7) is 1.82. The normalized spacial score (nSPS) is 11.4. The maximum atomic E-state index is 12.3. The van der Waals surface area contributed by atoms with Crippen LogP contribution < -0.4 is 4.57 Å². The van der Waals surface area contributed by atoms with Crippen LogP contribution in [0.4, 0.5) is 0 Å². The lowest BCUT2D eigenvalue weighted by atomic mass is 10.0. The van der Waals surface area contributed by atoms with Gasteiger partial charge in [0.25, 0.3) is 0 Å². The molecule has 4 rings (SSSR count). The van der Waals surface area contributed by atoms with Crippen molar-refractivity contribution < 1.29 is 26.7 Å². The largest absolute Gasteiger partial charge is 0.744 e. The highest BCUT2D eigenvalue weighted by Crippen LogP contribution is 2.19. The average molecular weight is 461 g/mol. The van der Waals surface area contributed by atoms with Crippen LogP contribution in [-0.2, 0) is 17.2 Å². The minimum absolute atomic E-state index is 0.0500. The SMILES string of the molecule is C[n+]1ccc(C=C(C#N)C(=O)c2ccco2)c2ccccc21.Cc1ccc(S(=O)(=O)[O-])cc1. The molecule has 2 aromatic heterocycles. The number of carbonyl (C=O) groups excluding carboxylic acids is 1. The van der Waals surface area contributed by atoms with E-state index in [0.29, 0.717) is 0 Å². The van der Waals surface area contributed by atoms with Crippen LogP contribution in [0.25, 0.3) is 17.0 Å². The van der Waals surface area contributed by atoms with Crippen LogP contribution in [-0.4, -0.2) is 18.8 Å². The van der Waals surface area contributed by atoms with Crippen LogP contribution in [0.2, 0.25) is 0 Å². The molecule has 0 spiro atoms. The number of Topliss-reactive ketones (excluding diaryl/α,β-unsaturated/α-hetero) is 1. The van der Waals surface area contributed by atoms with Gasteiger partial charge >= 0.3 is 0 Å². The van der Waals surface area contributed by atoms with E-state index in [2.05, 4.69) is 0 Å². The summed E-state index contributed by atoms with van der Waals surface area (Å²) in [6, 6.07) is 20.6. The Labute approximate surface area is 191 Å². The lowest BCUT2D eigenvalue weighted by Gasteiger charge is -2.05. The highest BCUT2D eigenvalue weighted by Gasteiger charge is 2.16. The quantitative estimate of drug-likeness (QED) is 0.150. The van der Waals surface area contributed by atoms with Gasteiger partial charge in [0.05, 0.1) is 16.5 Å². The van der Waals surface area contributed by atoms with Crippen molar-refractivity contribution in [1.29, 1.82) is 5.26 Å². The van der Waals surface area contributed by atoms with Gasteiger partial charge in [-0.1, -0.05) is 29.8 Å². The van der Waals surface area contributed by atoms with E-state index in [9.17, 15) is 23.0 Å². The molecule has 0 atom stereocenters. The molecular formula is C25H20N2O5S. The van der Waals surface area contributed by atoms with Gasteiger partial charge < -0.3 is 8.97 Å². The number of aromatic nitrogens is 1. The Balaban J connectivity index is 0.000000235. The van der Waals surface area contributed by atoms with E-state index in [4.69, 9.17) is 4.42 Å². The number of fused-ring (bicyclic) bond motifs is 1. The number of nitrogens with zero attached hydrogens (tertiary/aromatic N) is 2. The predicted molar refractivity (Wildman–Crippen MR) is 121 cm³/mol. The number of carbonyl (C=O) groups is 1. The van der Waals surface area contributed by atoms with Crippen LogP contribution in [0.5, 0.6) is 0 Å². The van der Waals surface area contributed by atoms with Crippen molar-refractivity contribution in [3.8, 4) is 6.07 Å². The first-order valence-electron chi connectivity index (χ1n) is 9.80. The molecule has 7 nitrogen and oxygen atoms in total. The third kappa shape index (κ3) is 5.80. The summed E-state index contributed by atoms with van der Waals surface area (Å²) in [5.41, 5.74) is 2.83. The molecule has 4 aromatic rings. The number of ketones is 1. The molecule has 8 heteroatoms. The third-order valence-electron chi connectivity index (χ3n) is 4.79. The van der Waals surface area contributed by atoms with E-state index >= 15 is 0 Å². The molecular weight excluding hydrogens is 440 g/mol. The molecule has 0 fully saturated rings. The van der Waals surface area contributed by atoms with E-state index in [1.54, 1.807) is 30.3 Å². The van der Waals surface area contributed by atoms with Gasteiger partial charge in [-0.25, -0.2) is 13.0 Å². The van der Waals surface area contributed by atoms with Crippen LogP contribution in [0.1, 0.15) is 21.7 Å². The van der Waals surface area contributed by atoms with Crippen LogP contribution in [0.15, 0.2) is 94.1 Å². The molecule has 0 radical (unpaired) electrons. The van der Waals surface area contributed by atoms with Crippen LogP contribution >= 0.6 is 0 Å². The Bertz CT molecular complexity index is 1460. The number of hydrogen-bond acceptors (Lipinski definition) is 6. The Morgan fingerprint density at radius 2 is 1.76 bits per heavy atom. The molecule has 0 aliphatic rings. The second kappa shape index (κ2) is 10.0. The highest BCUT2D eigenvalue weighted by molar-refractivity contribution is 7.85. The summed E-state index contributed by atoms with van der Waals surface area (Å²) in [5.74, 6) is -0.247. The molecule has 0 N–H and O–H groups in total. The molecule has 0 saturated carbocycles.